The van der Waals surface area contributed by atoms with E-state index in [4.69, 9.17) is 5.73 Å². The molecule has 1 unspecified atom stereocenters. The molecular weight excluding hydrogens is 242 g/mol. The third-order valence-corrected chi connectivity index (χ3v) is 4.19. The number of hydrogen-bond acceptors (Lipinski definition) is 1. The second-order valence-electron chi connectivity index (χ2n) is 5.52. The average Bonchev–Trinajstić information content (AvgIpc) is 2.46. The van der Waals surface area contributed by atoms with Crippen LogP contribution in [0.4, 0.5) is 0 Å². The summed E-state index contributed by atoms with van der Waals surface area (Å²) in [6.45, 7) is 8.69. The minimum Gasteiger partial charge on any atom is -0.320 e. The van der Waals surface area contributed by atoms with Crippen molar-refractivity contribution in [1.82, 2.24) is 0 Å². The highest BCUT2D eigenvalue weighted by Gasteiger charge is 2.16. The quantitative estimate of drug-likeness (QED) is 0.868. The van der Waals surface area contributed by atoms with Crippen molar-refractivity contribution in [3.63, 3.8) is 0 Å². The molecule has 0 radical (unpaired) electrons. The molecule has 0 bridgehead atoms. The van der Waals surface area contributed by atoms with E-state index in [1.807, 2.05) is 0 Å². The molecule has 1 heteroatoms. The van der Waals surface area contributed by atoms with Gasteiger partial charge in [-0.25, -0.2) is 0 Å². The fourth-order valence-corrected chi connectivity index (χ4v) is 2.95. The van der Waals surface area contributed by atoms with Crippen LogP contribution < -0.4 is 5.73 Å². The summed E-state index contributed by atoms with van der Waals surface area (Å²) < 4.78 is 0. The smallest absolute Gasteiger partial charge is 0.0559 e. The molecule has 1 nitrogen and oxygen atoms in total. The van der Waals surface area contributed by atoms with E-state index in [0.29, 0.717) is 0 Å². The highest BCUT2D eigenvalue weighted by Crippen LogP contribution is 2.29. The molecule has 2 rings (SSSR count). The summed E-state index contributed by atoms with van der Waals surface area (Å²) in [4.78, 5) is 0. The molecule has 20 heavy (non-hydrogen) atoms. The topological polar surface area (TPSA) is 26.0 Å². The molecule has 0 spiro atoms. The summed E-state index contributed by atoms with van der Waals surface area (Å²) in [7, 11) is 0. The molecule has 1 atom stereocenters. The number of nitrogens with two attached hydrogens (primary N) is 1. The van der Waals surface area contributed by atoms with Gasteiger partial charge in [-0.1, -0.05) is 50.2 Å². The van der Waals surface area contributed by atoms with E-state index < -0.39 is 0 Å². The van der Waals surface area contributed by atoms with E-state index in [1.54, 1.807) is 0 Å². The fourth-order valence-electron chi connectivity index (χ4n) is 2.95. The molecule has 0 saturated carbocycles. The van der Waals surface area contributed by atoms with Gasteiger partial charge in [0.1, 0.15) is 0 Å². The van der Waals surface area contributed by atoms with Crippen molar-refractivity contribution in [2.45, 2.75) is 46.6 Å². The lowest BCUT2D eigenvalue weighted by Gasteiger charge is -2.21. The van der Waals surface area contributed by atoms with Crippen LogP contribution in [0.1, 0.15) is 53.3 Å². The molecule has 0 aliphatic carbocycles. The second-order valence-corrected chi connectivity index (χ2v) is 5.52. The number of aryl methyl sites for hydroxylation is 4. The zero-order valence-corrected chi connectivity index (χ0v) is 13.0. The van der Waals surface area contributed by atoms with E-state index in [0.717, 1.165) is 12.8 Å². The van der Waals surface area contributed by atoms with Crippen LogP contribution in [-0.4, -0.2) is 0 Å². The molecule has 2 aromatic rings. The van der Waals surface area contributed by atoms with Crippen LogP contribution in [0.3, 0.4) is 0 Å². The fraction of sp³-hybridized carbons (Fsp3) is 0.368. The minimum absolute atomic E-state index is 0.0300. The van der Waals surface area contributed by atoms with Crippen molar-refractivity contribution in [2.24, 2.45) is 5.73 Å². The maximum atomic E-state index is 6.62. The largest absolute Gasteiger partial charge is 0.320 e. The summed E-state index contributed by atoms with van der Waals surface area (Å²) in [6.07, 6.45) is 2.08. The average molecular weight is 267 g/mol. The van der Waals surface area contributed by atoms with Gasteiger partial charge in [0.25, 0.3) is 0 Å². The highest BCUT2D eigenvalue weighted by molar-refractivity contribution is 5.45. The lowest BCUT2D eigenvalue weighted by atomic mass is 9.88. The van der Waals surface area contributed by atoms with Crippen LogP contribution in [0.25, 0.3) is 0 Å². The first-order chi connectivity index (χ1) is 9.58. The van der Waals surface area contributed by atoms with Gasteiger partial charge in [-0.3, -0.25) is 0 Å². The maximum absolute atomic E-state index is 6.62. The van der Waals surface area contributed by atoms with Crippen molar-refractivity contribution >= 4 is 0 Å². The molecule has 2 N–H and O–H groups in total. The van der Waals surface area contributed by atoms with E-state index >= 15 is 0 Å². The Balaban J connectivity index is 2.55. The van der Waals surface area contributed by atoms with Gasteiger partial charge in [0.2, 0.25) is 0 Å². The first-order valence-electron chi connectivity index (χ1n) is 7.51. The summed E-state index contributed by atoms with van der Waals surface area (Å²) in [6, 6.07) is 13.1. The van der Waals surface area contributed by atoms with Crippen LogP contribution in [0.15, 0.2) is 36.4 Å². The van der Waals surface area contributed by atoms with Gasteiger partial charge in [0, 0.05) is 0 Å². The normalized spacial score (nSPS) is 12.4. The third kappa shape index (κ3) is 2.78. The standard InChI is InChI=1S/C19H25N/c1-5-15-10-11-16(6-2)17(12-15)19(20)18-13(3)8-7-9-14(18)4/h7-12,19H,5-6,20H2,1-4H3. The number of rotatable bonds is 4. The Morgan fingerprint density at radius 1 is 0.950 bits per heavy atom. The Morgan fingerprint density at radius 3 is 2.15 bits per heavy atom. The maximum Gasteiger partial charge on any atom is 0.0559 e. The van der Waals surface area contributed by atoms with Crippen LogP contribution in [-0.2, 0) is 12.8 Å². The Morgan fingerprint density at radius 2 is 1.60 bits per heavy atom. The molecule has 0 saturated heterocycles. The van der Waals surface area contributed by atoms with Crippen LogP contribution >= 0.6 is 0 Å². The van der Waals surface area contributed by atoms with Crippen molar-refractivity contribution in [2.75, 3.05) is 0 Å². The second kappa shape index (κ2) is 6.23. The van der Waals surface area contributed by atoms with Gasteiger partial charge >= 0.3 is 0 Å². The molecule has 0 aliphatic rings. The van der Waals surface area contributed by atoms with Crippen molar-refractivity contribution in [3.8, 4) is 0 Å². The first kappa shape index (κ1) is 14.8. The SMILES string of the molecule is CCc1ccc(CC)c(C(N)c2c(C)cccc2C)c1. The summed E-state index contributed by atoms with van der Waals surface area (Å²) in [5, 5.41) is 0. The molecule has 106 valence electrons. The molecule has 0 aliphatic heterocycles. The van der Waals surface area contributed by atoms with Crippen molar-refractivity contribution < 1.29 is 0 Å². The molecule has 2 aromatic carbocycles. The molecule has 0 aromatic heterocycles. The summed E-state index contributed by atoms with van der Waals surface area (Å²) in [5.41, 5.74) is 14.5. The number of benzene rings is 2. The van der Waals surface area contributed by atoms with E-state index in [2.05, 4.69) is 64.1 Å². The van der Waals surface area contributed by atoms with Gasteiger partial charge < -0.3 is 5.73 Å². The van der Waals surface area contributed by atoms with Crippen LogP contribution in [0, 0.1) is 13.8 Å². The predicted molar refractivity (Wildman–Crippen MR) is 87.1 cm³/mol. The van der Waals surface area contributed by atoms with Gasteiger partial charge in [-0.2, -0.15) is 0 Å². The predicted octanol–water partition coefficient (Wildman–Crippen LogP) is 4.48. The zero-order chi connectivity index (χ0) is 14.7. The lowest BCUT2D eigenvalue weighted by Crippen LogP contribution is -2.17. The Hall–Kier alpha value is -1.60. The molecule has 0 heterocycles. The van der Waals surface area contributed by atoms with Crippen molar-refractivity contribution in [1.29, 1.82) is 0 Å². The van der Waals surface area contributed by atoms with E-state index in [-0.39, 0.29) is 6.04 Å². The third-order valence-electron chi connectivity index (χ3n) is 4.19. The first-order valence-corrected chi connectivity index (χ1v) is 7.51. The lowest BCUT2D eigenvalue weighted by molar-refractivity contribution is 0.829. The summed E-state index contributed by atoms with van der Waals surface area (Å²) in [5.74, 6) is 0. The van der Waals surface area contributed by atoms with E-state index in [1.165, 1.54) is 33.4 Å². The number of hydrogen-bond donors (Lipinski definition) is 1. The van der Waals surface area contributed by atoms with E-state index in [9.17, 15) is 0 Å². The Bertz CT molecular complexity index is 578. The molecular formula is C19H25N. The van der Waals surface area contributed by atoms with Gasteiger partial charge in [0.15, 0.2) is 0 Å². The minimum atomic E-state index is -0.0300. The summed E-state index contributed by atoms with van der Waals surface area (Å²) >= 11 is 0. The van der Waals surface area contributed by atoms with Crippen LogP contribution in [0.2, 0.25) is 0 Å². The Kier molecular flexibility index (Phi) is 4.61. The van der Waals surface area contributed by atoms with Crippen LogP contribution in [0.5, 0.6) is 0 Å². The molecule has 0 fully saturated rings. The van der Waals surface area contributed by atoms with Crippen molar-refractivity contribution in [3.05, 3.63) is 69.8 Å². The van der Waals surface area contributed by atoms with Gasteiger partial charge in [-0.05, 0) is 60.1 Å². The van der Waals surface area contributed by atoms with Gasteiger partial charge in [0.05, 0.1) is 6.04 Å². The highest BCUT2D eigenvalue weighted by atomic mass is 14.6. The molecule has 0 amide bonds. The Labute approximate surface area is 122 Å². The zero-order valence-electron chi connectivity index (χ0n) is 13.0. The van der Waals surface area contributed by atoms with Gasteiger partial charge in [-0.15, -0.1) is 0 Å². The monoisotopic (exact) mass is 267 g/mol.